The van der Waals surface area contributed by atoms with Crippen molar-refractivity contribution in [3.63, 3.8) is 0 Å². The molecule has 1 saturated heterocycles. The molecule has 0 amide bonds. The second-order valence-corrected chi connectivity index (χ2v) is 4.56. The highest BCUT2D eigenvalue weighted by Crippen LogP contribution is 2.39. The summed E-state index contributed by atoms with van der Waals surface area (Å²) in [5, 5.41) is 0. The van der Waals surface area contributed by atoms with Crippen molar-refractivity contribution < 1.29 is 9.47 Å². The molecule has 1 heterocycles. The Labute approximate surface area is 107 Å². The minimum absolute atomic E-state index is 0.176. The van der Waals surface area contributed by atoms with Crippen LogP contribution in [0.3, 0.4) is 0 Å². The van der Waals surface area contributed by atoms with Gasteiger partial charge in [-0.05, 0) is 18.1 Å². The number of benzene rings is 2. The molecule has 0 radical (unpaired) electrons. The van der Waals surface area contributed by atoms with E-state index in [2.05, 4.69) is 24.3 Å². The van der Waals surface area contributed by atoms with Crippen LogP contribution in [0.1, 0.15) is 18.1 Å². The summed E-state index contributed by atoms with van der Waals surface area (Å²) < 4.78 is 11.8. The molecular formula is C16H16O2. The monoisotopic (exact) mass is 240 g/mol. The van der Waals surface area contributed by atoms with Crippen LogP contribution in [0.15, 0.2) is 60.7 Å². The molecule has 1 atom stereocenters. The van der Waals surface area contributed by atoms with Crippen molar-refractivity contribution in [2.45, 2.75) is 18.8 Å². The van der Waals surface area contributed by atoms with Crippen molar-refractivity contribution in [1.29, 1.82) is 0 Å². The molecule has 3 rings (SSSR count). The van der Waals surface area contributed by atoms with Crippen molar-refractivity contribution in [2.24, 2.45) is 0 Å². The smallest absolute Gasteiger partial charge is 0.156 e. The minimum atomic E-state index is -0.470. The first-order chi connectivity index (χ1) is 8.81. The van der Waals surface area contributed by atoms with Gasteiger partial charge >= 0.3 is 0 Å². The van der Waals surface area contributed by atoms with Crippen molar-refractivity contribution in [2.75, 3.05) is 6.61 Å². The zero-order valence-electron chi connectivity index (χ0n) is 10.4. The van der Waals surface area contributed by atoms with Gasteiger partial charge < -0.3 is 9.47 Å². The first kappa shape index (κ1) is 11.5. The van der Waals surface area contributed by atoms with Crippen LogP contribution >= 0.6 is 0 Å². The van der Waals surface area contributed by atoms with E-state index in [4.69, 9.17) is 9.47 Å². The van der Waals surface area contributed by atoms with Crippen molar-refractivity contribution in [3.8, 4) is 0 Å². The maximum Gasteiger partial charge on any atom is 0.156 e. The molecule has 92 valence electrons. The van der Waals surface area contributed by atoms with E-state index in [0.29, 0.717) is 6.61 Å². The fourth-order valence-corrected chi connectivity index (χ4v) is 2.47. The summed E-state index contributed by atoms with van der Waals surface area (Å²) in [6.45, 7) is 2.50. The number of hydrogen-bond donors (Lipinski definition) is 0. The van der Waals surface area contributed by atoms with E-state index >= 15 is 0 Å². The predicted octanol–water partition coefficient (Wildman–Crippen LogP) is 3.32. The van der Waals surface area contributed by atoms with Crippen molar-refractivity contribution >= 4 is 0 Å². The zero-order valence-corrected chi connectivity index (χ0v) is 10.4. The molecule has 0 bridgehead atoms. The van der Waals surface area contributed by atoms with Gasteiger partial charge in [0.1, 0.15) is 5.60 Å². The molecule has 0 saturated carbocycles. The zero-order chi connectivity index (χ0) is 12.4. The Morgan fingerprint density at radius 1 is 0.889 bits per heavy atom. The Balaban J connectivity index is 2.11. The first-order valence-electron chi connectivity index (χ1n) is 6.22. The molecule has 1 aliphatic heterocycles. The first-order valence-corrected chi connectivity index (χ1v) is 6.22. The van der Waals surface area contributed by atoms with Gasteiger partial charge in [0.2, 0.25) is 0 Å². The van der Waals surface area contributed by atoms with E-state index in [-0.39, 0.29) is 6.29 Å². The molecule has 0 spiro atoms. The lowest BCUT2D eigenvalue weighted by Crippen LogP contribution is -2.30. The van der Waals surface area contributed by atoms with Crippen molar-refractivity contribution in [1.82, 2.24) is 0 Å². The molecule has 2 aromatic rings. The van der Waals surface area contributed by atoms with Crippen LogP contribution in [0.25, 0.3) is 0 Å². The molecule has 0 aromatic heterocycles. The van der Waals surface area contributed by atoms with Crippen LogP contribution in [-0.4, -0.2) is 12.9 Å². The molecule has 0 aliphatic carbocycles. The summed E-state index contributed by atoms with van der Waals surface area (Å²) in [4.78, 5) is 0. The van der Waals surface area contributed by atoms with Gasteiger partial charge in [0.05, 0.1) is 6.61 Å². The standard InChI is InChI=1S/C16H16O2/c1-13-17-12-16(18-13,14-8-4-2-5-9-14)15-10-6-3-7-11-15/h2-11,13H,12H2,1H3. The van der Waals surface area contributed by atoms with Gasteiger partial charge in [-0.25, -0.2) is 0 Å². The normalized spacial score (nSPS) is 21.9. The molecule has 2 heteroatoms. The third-order valence-corrected chi connectivity index (χ3v) is 3.37. The summed E-state index contributed by atoms with van der Waals surface area (Å²) in [6, 6.07) is 20.5. The fourth-order valence-electron chi connectivity index (χ4n) is 2.47. The molecule has 1 aliphatic rings. The molecule has 2 nitrogen and oxygen atoms in total. The largest absolute Gasteiger partial charge is 0.349 e. The lowest BCUT2D eigenvalue weighted by Gasteiger charge is -2.28. The quantitative estimate of drug-likeness (QED) is 0.801. The van der Waals surface area contributed by atoms with Crippen LogP contribution in [0, 0.1) is 0 Å². The molecule has 0 N–H and O–H groups in total. The number of hydrogen-bond acceptors (Lipinski definition) is 2. The van der Waals surface area contributed by atoms with Crippen LogP contribution in [0.4, 0.5) is 0 Å². The van der Waals surface area contributed by atoms with Gasteiger partial charge in [-0.3, -0.25) is 0 Å². The topological polar surface area (TPSA) is 18.5 Å². The van der Waals surface area contributed by atoms with Gasteiger partial charge in [-0.2, -0.15) is 0 Å². The Morgan fingerprint density at radius 2 is 1.39 bits per heavy atom. The Bertz CT molecular complexity index is 468. The van der Waals surface area contributed by atoms with E-state index in [1.165, 1.54) is 0 Å². The highest BCUT2D eigenvalue weighted by molar-refractivity contribution is 5.37. The summed E-state index contributed by atoms with van der Waals surface area (Å²) >= 11 is 0. The summed E-state index contributed by atoms with van der Waals surface area (Å²) in [5.41, 5.74) is 1.81. The van der Waals surface area contributed by atoms with Gasteiger partial charge in [0.15, 0.2) is 6.29 Å². The average molecular weight is 240 g/mol. The van der Waals surface area contributed by atoms with Gasteiger partial charge in [0.25, 0.3) is 0 Å². The maximum absolute atomic E-state index is 6.10. The van der Waals surface area contributed by atoms with E-state index in [1.54, 1.807) is 0 Å². The summed E-state index contributed by atoms with van der Waals surface area (Å²) in [6.07, 6.45) is -0.176. The number of ether oxygens (including phenoxy) is 2. The average Bonchev–Trinajstić information content (AvgIpc) is 2.84. The lowest BCUT2D eigenvalue weighted by molar-refractivity contribution is -0.0655. The van der Waals surface area contributed by atoms with E-state index in [1.807, 2.05) is 43.3 Å². The SMILES string of the molecule is CC1OCC(c2ccccc2)(c2ccccc2)O1. The third-order valence-electron chi connectivity index (χ3n) is 3.37. The van der Waals surface area contributed by atoms with Gasteiger partial charge in [0, 0.05) is 0 Å². The molecule has 18 heavy (non-hydrogen) atoms. The second kappa shape index (κ2) is 4.56. The fraction of sp³-hybridized carbons (Fsp3) is 0.250. The molecule has 2 aromatic carbocycles. The lowest BCUT2D eigenvalue weighted by atomic mass is 9.87. The Morgan fingerprint density at radius 3 is 1.78 bits per heavy atom. The van der Waals surface area contributed by atoms with Gasteiger partial charge in [-0.15, -0.1) is 0 Å². The Kier molecular flexibility index (Phi) is 2.90. The molecule has 1 unspecified atom stereocenters. The maximum atomic E-state index is 6.10. The van der Waals surface area contributed by atoms with E-state index in [0.717, 1.165) is 11.1 Å². The van der Waals surface area contributed by atoms with Crippen molar-refractivity contribution in [3.05, 3.63) is 71.8 Å². The summed E-state index contributed by atoms with van der Waals surface area (Å²) in [7, 11) is 0. The van der Waals surface area contributed by atoms with Gasteiger partial charge in [-0.1, -0.05) is 60.7 Å². The Hall–Kier alpha value is -1.64. The number of rotatable bonds is 2. The predicted molar refractivity (Wildman–Crippen MR) is 70.2 cm³/mol. The molecular weight excluding hydrogens is 224 g/mol. The van der Waals surface area contributed by atoms with E-state index < -0.39 is 5.60 Å². The van der Waals surface area contributed by atoms with E-state index in [9.17, 15) is 0 Å². The second-order valence-electron chi connectivity index (χ2n) is 4.56. The van der Waals surface area contributed by atoms with Crippen LogP contribution in [-0.2, 0) is 15.1 Å². The van der Waals surface area contributed by atoms with Crippen LogP contribution in [0.2, 0.25) is 0 Å². The third kappa shape index (κ3) is 1.84. The highest BCUT2D eigenvalue weighted by atomic mass is 16.7. The molecule has 1 fully saturated rings. The van der Waals surface area contributed by atoms with Crippen LogP contribution < -0.4 is 0 Å². The minimum Gasteiger partial charge on any atom is -0.349 e. The highest BCUT2D eigenvalue weighted by Gasteiger charge is 2.42. The van der Waals surface area contributed by atoms with Crippen LogP contribution in [0.5, 0.6) is 0 Å². The summed E-state index contributed by atoms with van der Waals surface area (Å²) in [5.74, 6) is 0.